The molecule has 1 heterocycles. The second kappa shape index (κ2) is 7.26. The Kier molecular flexibility index (Phi) is 5.38. The first-order chi connectivity index (χ1) is 10.1. The van der Waals surface area contributed by atoms with Crippen LogP contribution in [0.4, 0.5) is 5.69 Å². The summed E-state index contributed by atoms with van der Waals surface area (Å²) >= 11 is 1.33. The number of anilines is 1. The molecule has 0 aliphatic rings. The van der Waals surface area contributed by atoms with Gasteiger partial charge in [0, 0.05) is 5.69 Å². The normalized spacial score (nSPS) is 10.6. The number of nitrogens with one attached hydrogen (secondary N) is 2. The number of nitrogens with zero attached hydrogens (tertiary/aromatic N) is 2. The van der Waals surface area contributed by atoms with E-state index in [1.54, 1.807) is 0 Å². The maximum atomic E-state index is 12.1. The van der Waals surface area contributed by atoms with E-state index in [0.717, 1.165) is 24.4 Å². The van der Waals surface area contributed by atoms with Crippen molar-refractivity contribution in [3.8, 4) is 0 Å². The smallest absolute Gasteiger partial charge is 0.234 e. The van der Waals surface area contributed by atoms with Crippen molar-refractivity contribution in [1.82, 2.24) is 15.2 Å². The van der Waals surface area contributed by atoms with E-state index in [1.807, 2.05) is 13.0 Å². The number of para-hydroxylation sites is 1. The Labute approximate surface area is 128 Å². The molecule has 2 N–H and O–H groups in total. The molecule has 6 heteroatoms. The number of H-pyrrole nitrogens is 1. The van der Waals surface area contributed by atoms with Gasteiger partial charge < -0.3 is 5.32 Å². The Morgan fingerprint density at radius 2 is 1.95 bits per heavy atom. The topological polar surface area (TPSA) is 70.7 Å². The second-order valence-corrected chi connectivity index (χ2v) is 5.64. The molecule has 21 heavy (non-hydrogen) atoms. The van der Waals surface area contributed by atoms with E-state index in [9.17, 15) is 4.79 Å². The lowest BCUT2D eigenvalue weighted by Gasteiger charge is -2.14. The highest BCUT2D eigenvalue weighted by Crippen LogP contribution is 2.23. The van der Waals surface area contributed by atoms with Crippen molar-refractivity contribution < 1.29 is 4.79 Å². The number of aromatic nitrogens is 3. The zero-order valence-electron chi connectivity index (χ0n) is 12.6. The zero-order chi connectivity index (χ0) is 15.2. The molecule has 0 fully saturated rings. The number of aromatic amines is 1. The van der Waals surface area contributed by atoms with Gasteiger partial charge in [0.1, 0.15) is 5.82 Å². The number of carbonyl (C=O) groups excluding carboxylic acids is 1. The minimum absolute atomic E-state index is 0.0296. The summed E-state index contributed by atoms with van der Waals surface area (Å²) in [5.41, 5.74) is 3.29. The minimum atomic E-state index is -0.0296. The van der Waals surface area contributed by atoms with E-state index >= 15 is 0 Å². The van der Waals surface area contributed by atoms with Crippen LogP contribution in [0.5, 0.6) is 0 Å². The van der Waals surface area contributed by atoms with E-state index in [2.05, 4.69) is 46.5 Å². The molecule has 1 aromatic carbocycles. The number of carbonyl (C=O) groups is 1. The van der Waals surface area contributed by atoms with Crippen molar-refractivity contribution in [1.29, 1.82) is 0 Å². The molecule has 0 saturated heterocycles. The molecule has 1 amide bonds. The lowest BCUT2D eigenvalue weighted by molar-refractivity contribution is -0.113. The van der Waals surface area contributed by atoms with Gasteiger partial charge in [0.15, 0.2) is 0 Å². The third-order valence-electron chi connectivity index (χ3n) is 3.17. The van der Waals surface area contributed by atoms with E-state index in [-0.39, 0.29) is 5.91 Å². The Morgan fingerprint density at radius 3 is 2.48 bits per heavy atom. The van der Waals surface area contributed by atoms with Gasteiger partial charge in [0.2, 0.25) is 11.1 Å². The van der Waals surface area contributed by atoms with Crippen molar-refractivity contribution in [3.63, 3.8) is 0 Å². The van der Waals surface area contributed by atoms with Gasteiger partial charge in [-0.3, -0.25) is 9.89 Å². The van der Waals surface area contributed by atoms with E-state index in [4.69, 9.17) is 0 Å². The molecule has 2 rings (SSSR count). The number of amides is 1. The molecule has 0 bridgehead atoms. The van der Waals surface area contributed by atoms with Crippen LogP contribution in [0.2, 0.25) is 0 Å². The van der Waals surface area contributed by atoms with Crippen molar-refractivity contribution in [2.75, 3.05) is 11.1 Å². The fourth-order valence-electron chi connectivity index (χ4n) is 2.10. The van der Waals surface area contributed by atoms with Crippen LogP contribution >= 0.6 is 11.8 Å². The van der Waals surface area contributed by atoms with Crippen LogP contribution in [0, 0.1) is 6.92 Å². The predicted molar refractivity (Wildman–Crippen MR) is 85.7 cm³/mol. The van der Waals surface area contributed by atoms with Gasteiger partial charge in [-0.2, -0.15) is 0 Å². The van der Waals surface area contributed by atoms with Gasteiger partial charge in [-0.15, -0.1) is 5.10 Å². The van der Waals surface area contributed by atoms with E-state index in [1.165, 1.54) is 22.9 Å². The highest BCUT2D eigenvalue weighted by Gasteiger charge is 2.11. The van der Waals surface area contributed by atoms with Crippen molar-refractivity contribution in [2.24, 2.45) is 0 Å². The molecule has 0 radical (unpaired) electrons. The molecule has 0 saturated carbocycles. The molecule has 2 aromatic rings. The van der Waals surface area contributed by atoms with Crippen LogP contribution in [0.15, 0.2) is 23.4 Å². The number of rotatable bonds is 6. The van der Waals surface area contributed by atoms with Crippen LogP contribution in [0.25, 0.3) is 0 Å². The fourth-order valence-corrected chi connectivity index (χ4v) is 2.74. The zero-order valence-corrected chi connectivity index (χ0v) is 13.4. The molecule has 0 spiro atoms. The highest BCUT2D eigenvalue weighted by molar-refractivity contribution is 7.99. The molecule has 1 aromatic heterocycles. The summed E-state index contributed by atoms with van der Waals surface area (Å²) in [5, 5.41) is 10.4. The third-order valence-corrected chi connectivity index (χ3v) is 4.02. The van der Waals surface area contributed by atoms with Crippen molar-refractivity contribution in [3.05, 3.63) is 35.2 Å². The summed E-state index contributed by atoms with van der Waals surface area (Å²) in [6.07, 6.45) is 1.80. The van der Waals surface area contributed by atoms with E-state index < -0.39 is 0 Å². The average Bonchev–Trinajstić information content (AvgIpc) is 2.91. The number of thioether (sulfide) groups is 1. The van der Waals surface area contributed by atoms with Crippen LogP contribution in [0.3, 0.4) is 0 Å². The van der Waals surface area contributed by atoms with Gasteiger partial charge in [-0.05, 0) is 30.9 Å². The molecule has 0 atom stereocenters. The van der Waals surface area contributed by atoms with Gasteiger partial charge in [-0.25, -0.2) is 4.98 Å². The molecule has 0 aliphatic carbocycles. The molecular weight excluding hydrogens is 284 g/mol. The van der Waals surface area contributed by atoms with Crippen LogP contribution in [-0.4, -0.2) is 26.8 Å². The Morgan fingerprint density at radius 1 is 1.29 bits per heavy atom. The maximum absolute atomic E-state index is 12.1. The molecular formula is C15H20N4OS. The lowest BCUT2D eigenvalue weighted by Crippen LogP contribution is -2.16. The van der Waals surface area contributed by atoms with Crippen LogP contribution in [0.1, 0.15) is 30.8 Å². The summed E-state index contributed by atoms with van der Waals surface area (Å²) in [6.45, 7) is 6.02. The van der Waals surface area contributed by atoms with E-state index in [0.29, 0.717) is 10.9 Å². The van der Waals surface area contributed by atoms with Crippen molar-refractivity contribution in [2.45, 2.75) is 38.8 Å². The minimum Gasteiger partial charge on any atom is -0.325 e. The third kappa shape index (κ3) is 4.07. The summed E-state index contributed by atoms with van der Waals surface area (Å²) in [6, 6.07) is 6.15. The van der Waals surface area contributed by atoms with Gasteiger partial charge >= 0.3 is 0 Å². The maximum Gasteiger partial charge on any atom is 0.234 e. The summed E-state index contributed by atoms with van der Waals surface area (Å²) in [4.78, 5) is 16.3. The monoisotopic (exact) mass is 304 g/mol. The first-order valence-electron chi connectivity index (χ1n) is 7.06. The van der Waals surface area contributed by atoms with Gasteiger partial charge in [0.25, 0.3) is 0 Å². The molecule has 0 unspecified atom stereocenters. The number of hydrogen-bond acceptors (Lipinski definition) is 4. The predicted octanol–water partition coefficient (Wildman–Crippen LogP) is 2.97. The molecule has 112 valence electrons. The number of hydrogen-bond donors (Lipinski definition) is 2. The Hall–Kier alpha value is -1.82. The average molecular weight is 304 g/mol. The number of benzene rings is 1. The van der Waals surface area contributed by atoms with Crippen LogP contribution in [-0.2, 0) is 17.6 Å². The van der Waals surface area contributed by atoms with Gasteiger partial charge in [-0.1, -0.05) is 43.8 Å². The second-order valence-electron chi connectivity index (χ2n) is 4.70. The SMILES string of the molecule is CCc1cccc(CC)c1NC(=O)CSc1n[nH]c(C)n1. The first kappa shape index (κ1) is 15.6. The largest absolute Gasteiger partial charge is 0.325 e. The summed E-state index contributed by atoms with van der Waals surface area (Å²) in [5.74, 6) is 1.03. The molecule has 5 nitrogen and oxygen atoms in total. The Bertz CT molecular complexity index is 602. The first-order valence-corrected chi connectivity index (χ1v) is 8.05. The summed E-state index contributed by atoms with van der Waals surface area (Å²) in [7, 11) is 0. The lowest BCUT2D eigenvalue weighted by atomic mass is 10.0. The Balaban J connectivity index is 2.02. The number of aryl methyl sites for hydroxylation is 3. The molecule has 0 aliphatic heterocycles. The fraction of sp³-hybridized carbons (Fsp3) is 0.400. The van der Waals surface area contributed by atoms with Gasteiger partial charge in [0.05, 0.1) is 5.75 Å². The van der Waals surface area contributed by atoms with Crippen LogP contribution < -0.4 is 5.32 Å². The highest BCUT2D eigenvalue weighted by atomic mass is 32.2. The van der Waals surface area contributed by atoms with Crippen molar-refractivity contribution >= 4 is 23.4 Å². The summed E-state index contributed by atoms with van der Waals surface area (Å²) < 4.78 is 0. The quantitative estimate of drug-likeness (QED) is 0.805. The standard InChI is InChI=1S/C15H20N4OS/c1-4-11-7-6-8-12(5-2)14(11)17-13(20)9-21-15-16-10(3)18-19-15/h6-8H,4-5,9H2,1-3H3,(H,17,20)(H,16,18,19).